The highest BCUT2D eigenvalue weighted by Gasteiger charge is 2.32. The molecular formula is C25H23F3N6O2. The Bertz CT molecular complexity index is 1430. The number of rotatable bonds is 5. The molecule has 2 aromatic carbocycles. The highest BCUT2D eigenvalue weighted by atomic mass is 19.4. The van der Waals surface area contributed by atoms with Crippen molar-refractivity contribution < 1.29 is 22.7 Å². The predicted octanol–water partition coefficient (Wildman–Crippen LogP) is 4.98. The maximum atomic E-state index is 13.2. The summed E-state index contributed by atoms with van der Waals surface area (Å²) in [6, 6.07) is 9.92. The Kier molecular flexibility index (Phi) is 5.99. The molecule has 0 fully saturated rings. The number of carbonyl (C=O) groups is 1. The van der Waals surface area contributed by atoms with Gasteiger partial charge in [0.2, 0.25) is 0 Å². The van der Waals surface area contributed by atoms with Crippen LogP contribution in [-0.4, -0.2) is 37.6 Å². The fourth-order valence-electron chi connectivity index (χ4n) is 4.47. The average Bonchev–Trinajstić information content (AvgIpc) is 3.49. The molecule has 0 spiro atoms. The number of nitrogens with one attached hydrogen (secondary N) is 1. The standard InChI is InChI=1S/C25H23F3N6O2/c1-15-13-33(14-29-15)20-10-9-17(12-22(20)36-2)24(35)30-23-21-8-4-7-19(34(21)32-31-23)16-5-3-6-18(11-16)25(26,27)28/h3,5-6,9-14,19H,4,7-8H2,1-2H3,(H,30,35). The largest absolute Gasteiger partial charge is 0.495 e. The molecular weight excluding hydrogens is 473 g/mol. The summed E-state index contributed by atoms with van der Waals surface area (Å²) in [5.74, 6) is 0.394. The molecule has 8 nitrogen and oxygen atoms in total. The van der Waals surface area contributed by atoms with Crippen LogP contribution in [0.1, 0.15) is 51.8 Å². The van der Waals surface area contributed by atoms with Gasteiger partial charge in [-0.1, -0.05) is 17.3 Å². The first kappa shape index (κ1) is 23.6. The number of alkyl halides is 3. The maximum absolute atomic E-state index is 13.2. The highest BCUT2D eigenvalue weighted by Crippen LogP contribution is 2.36. The van der Waals surface area contributed by atoms with E-state index in [-0.39, 0.29) is 0 Å². The van der Waals surface area contributed by atoms with Crippen molar-refractivity contribution in [3.8, 4) is 11.4 Å². The number of hydrogen-bond acceptors (Lipinski definition) is 5. The predicted molar refractivity (Wildman–Crippen MR) is 125 cm³/mol. The summed E-state index contributed by atoms with van der Waals surface area (Å²) in [5, 5.41) is 11.1. The number of amides is 1. The van der Waals surface area contributed by atoms with Gasteiger partial charge in [-0.2, -0.15) is 13.2 Å². The molecule has 1 aliphatic rings. The van der Waals surface area contributed by atoms with E-state index in [0.29, 0.717) is 41.2 Å². The van der Waals surface area contributed by atoms with Crippen LogP contribution in [0.4, 0.5) is 19.0 Å². The number of carbonyl (C=O) groups excluding carboxylic acids is 1. The third kappa shape index (κ3) is 4.43. The number of aryl methyl sites for hydroxylation is 1. The van der Waals surface area contributed by atoms with Crippen LogP contribution in [-0.2, 0) is 12.6 Å². The van der Waals surface area contributed by atoms with E-state index in [1.54, 1.807) is 39.8 Å². The number of nitrogens with zero attached hydrogens (tertiary/aromatic N) is 5. The minimum absolute atomic E-state index is 0.296. The van der Waals surface area contributed by atoms with Crippen LogP contribution in [0.15, 0.2) is 55.0 Å². The number of hydrogen-bond donors (Lipinski definition) is 1. The van der Waals surface area contributed by atoms with Crippen LogP contribution >= 0.6 is 0 Å². The topological polar surface area (TPSA) is 86.9 Å². The molecule has 0 aliphatic carbocycles. The number of imidazole rings is 1. The van der Waals surface area contributed by atoms with Crippen molar-refractivity contribution in [3.05, 3.63) is 83.1 Å². The summed E-state index contributed by atoms with van der Waals surface area (Å²) in [7, 11) is 1.52. The van der Waals surface area contributed by atoms with Crippen LogP contribution in [0, 0.1) is 6.92 Å². The van der Waals surface area contributed by atoms with Gasteiger partial charge in [-0.3, -0.25) is 4.79 Å². The van der Waals surface area contributed by atoms with Crippen LogP contribution in [0.5, 0.6) is 5.75 Å². The number of ether oxygens (including phenoxy) is 1. The van der Waals surface area contributed by atoms with E-state index in [1.165, 1.54) is 13.2 Å². The van der Waals surface area contributed by atoms with Crippen LogP contribution < -0.4 is 10.1 Å². The molecule has 4 aromatic rings. The summed E-state index contributed by atoms with van der Waals surface area (Å²) in [6.07, 6.45) is 1.03. The van der Waals surface area contributed by atoms with Gasteiger partial charge in [-0.25, -0.2) is 9.67 Å². The van der Waals surface area contributed by atoms with E-state index in [2.05, 4.69) is 20.6 Å². The Morgan fingerprint density at radius 2 is 2.03 bits per heavy atom. The molecule has 186 valence electrons. The van der Waals surface area contributed by atoms with E-state index in [9.17, 15) is 18.0 Å². The Morgan fingerprint density at radius 1 is 1.19 bits per heavy atom. The molecule has 1 N–H and O–H groups in total. The van der Waals surface area contributed by atoms with Gasteiger partial charge in [0.1, 0.15) is 5.75 Å². The summed E-state index contributed by atoms with van der Waals surface area (Å²) in [5.41, 5.74) is 2.42. The fraction of sp³-hybridized carbons (Fsp3) is 0.280. The lowest BCUT2D eigenvalue weighted by Crippen LogP contribution is -2.22. The summed E-state index contributed by atoms with van der Waals surface area (Å²) in [6.45, 7) is 1.88. The molecule has 0 saturated heterocycles. The highest BCUT2D eigenvalue weighted by molar-refractivity contribution is 6.04. The summed E-state index contributed by atoms with van der Waals surface area (Å²) < 4.78 is 48.6. The van der Waals surface area contributed by atoms with Crippen LogP contribution in [0.25, 0.3) is 5.69 Å². The second-order valence-electron chi connectivity index (χ2n) is 8.62. The Balaban J connectivity index is 1.40. The molecule has 0 saturated carbocycles. The lowest BCUT2D eigenvalue weighted by atomic mass is 9.95. The molecule has 2 aromatic heterocycles. The molecule has 1 atom stereocenters. The SMILES string of the molecule is COc1cc(C(=O)Nc2nnn3c2CCCC3c2cccc(C(F)(F)F)c2)ccc1-n1cnc(C)c1. The van der Waals surface area contributed by atoms with E-state index in [4.69, 9.17) is 4.74 Å². The van der Waals surface area contributed by atoms with Crippen molar-refractivity contribution in [3.63, 3.8) is 0 Å². The number of fused-ring (bicyclic) bond motifs is 1. The van der Waals surface area contributed by atoms with Gasteiger partial charge in [0.25, 0.3) is 5.91 Å². The van der Waals surface area contributed by atoms with Crippen LogP contribution in [0.2, 0.25) is 0 Å². The normalized spacial score (nSPS) is 15.4. The summed E-state index contributed by atoms with van der Waals surface area (Å²) >= 11 is 0. The monoisotopic (exact) mass is 496 g/mol. The third-order valence-corrected chi connectivity index (χ3v) is 6.24. The second-order valence-corrected chi connectivity index (χ2v) is 8.62. The van der Waals surface area contributed by atoms with Crippen LogP contribution in [0.3, 0.4) is 0 Å². The number of aromatic nitrogens is 5. The molecule has 3 heterocycles. The van der Waals surface area contributed by atoms with Gasteiger partial charge in [0.05, 0.1) is 42.1 Å². The molecule has 0 bridgehead atoms. The van der Waals surface area contributed by atoms with Gasteiger partial charge in [-0.15, -0.1) is 5.10 Å². The lowest BCUT2D eigenvalue weighted by Gasteiger charge is -2.25. The van der Waals surface area contributed by atoms with E-state index in [0.717, 1.165) is 29.9 Å². The average molecular weight is 496 g/mol. The first-order valence-electron chi connectivity index (χ1n) is 11.4. The Labute approximate surface area is 204 Å². The first-order valence-corrected chi connectivity index (χ1v) is 11.4. The zero-order valence-electron chi connectivity index (χ0n) is 19.6. The third-order valence-electron chi connectivity index (χ3n) is 6.24. The van der Waals surface area contributed by atoms with Crippen molar-refractivity contribution >= 4 is 11.7 Å². The molecule has 0 radical (unpaired) electrons. The molecule has 11 heteroatoms. The van der Waals surface area contributed by atoms with E-state index in [1.807, 2.05) is 13.1 Å². The molecule has 36 heavy (non-hydrogen) atoms. The van der Waals surface area contributed by atoms with E-state index >= 15 is 0 Å². The minimum atomic E-state index is -4.43. The van der Waals surface area contributed by atoms with Gasteiger partial charge >= 0.3 is 6.18 Å². The zero-order chi connectivity index (χ0) is 25.4. The van der Waals surface area contributed by atoms with E-state index < -0.39 is 23.7 Å². The first-order chi connectivity index (χ1) is 17.2. The van der Waals surface area contributed by atoms with Crippen molar-refractivity contribution in [1.29, 1.82) is 0 Å². The maximum Gasteiger partial charge on any atom is 0.416 e. The number of halogens is 3. The Hall–Kier alpha value is -4.15. The fourth-order valence-corrected chi connectivity index (χ4v) is 4.47. The quantitative estimate of drug-likeness (QED) is 0.421. The van der Waals surface area contributed by atoms with Gasteiger partial charge < -0.3 is 14.6 Å². The van der Waals surface area contributed by atoms with Gasteiger partial charge in [0.15, 0.2) is 5.82 Å². The smallest absolute Gasteiger partial charge is 0.416 e. The summed E-state index contributed by atoms with van der Waals surface area (Å²) in [4.78, 5) is 17.3. The number of benzene rings is 2. The lowest BCUT2D eigenvalue weighted by molar-refractivity contribution is -0.137. The molecule has 1 aliphatic heterocycles. The zero-order valence-corrected chi connectivity index (χ0v) is 19.6. The molecule has 1 amide bonds. The molecule has 1 unspecified atom stereocenters. The van der Waals surface area contributed by atoms with Crippen molar-refractivity contribution in [2.45, 2.75) is 38.4 Å². The Morgan fingerprint density at radius 3 is 2.75 bits per heavy atom. The second kappa shape index (κ2) is 9.14. The number of anilines is 1. The molecule has 5 rings (SSSR count). The van der Waals surface area contributed by atoms with Crippen molar-refractivity contribution in [2.24, 2.45) is 0 Å². The minimum Gasteiger partial charge on any atom is -0.495 e. The number of methoxy groups -OCH3 is 1. The van der Waals surface area contributed by atoms with Gasteiger partial charge in [0, 0.05) is 11.8 Å². The van der Waals surface area contributed by atoms with Gasteiger partial charge in [-0.05, 0) is 62.1 Å². The van der Waals surface area contributed by atoms with Crippen molar-refractivity contribution in [1.82, 2.24) is 24.5 Å². The van der Waals surface area contributed by atoms with Crippen molar-refractivity contribution in [2.75, 3.05) is 12.4 Å².